The molecule has 2 aromatic rings. The van der Waals surface area contributed by atoms with Crippen LogP contribution < -0.4 is 14.8 Å². The van der Waals surface area contributed by atoms with Crippen LogP contribution >= 0.6 is 0 Å². The first kappa shape index (κ1) is 21.1. The van der Waals surface area contributed by atoms with Gasteiger partial charge in [-0.2, -0.15) is 0 Å². The molecule has 2 N–H and O–H groups in total. The van der Waals surface area contributed by atoms with Gasteiger partial charge in [0.15, 0.2) is 6.61 Å². The van der Waals surface area contributed by atoms with Crippen molar-refractivity contribution >= 4 is 27.6 Å². The molecular formula is C19H20N2O6S. The number of para-hydroxylation sites is 2. The Bertz CT molecular complexity index is 972. The van der Waals surface area contributed by atoms with E-state index in [-0.39, 0.29) is 17.0 Å². The summed E-state index contributed by atoms with van der Waals surface area (Å²) in [5, 5.41) is 2.57. The third-order valence-corrected chi connectivity index (χ3v) is 4.93. The number of carbonyl (C=O) groups excluding carboxylic acids is 2. The second-order valence-electron chi connectivity index (χ2n) is 5.49. The zero-order valence-electron chi connectivity index (χ0n) is 15.2. The van der Waals surface area contributed by atoms with Crippen LogP contribution in [0.25, 0.3) is 0 Å². The third-order valence-electron chi connectivity index (χ3n) is 3.51. The van der Waals surface area contributed by atoms with E-state index in [1.807, 2.05) is 0 Å². The number of carbonyl (C=O) groups is 2. The van der Waals surface area contributed by atoms with Gasteiger partial charge < -0.3 is 14.8 Å². The molecule has 0 aromatic heterocycles. The van der Waals surface area contributed by atoms with E-state index in [0.717, 1.165) is 0 Å². The molecular weight excluding hydrogens is 384 g/mol. The fourth-order valence-electron chi connectivity index (χ4n) is 2.19. The molecule has 8 nitrogen and oxygen atoms in total. The Balaban J connectivity index is 2.00. The van der Waals surface area contributed by atoms with Gasteiger partial charge in [-0.1, -0.05) is 24.3 Å². The van der Waals surface area contributed by atoms with Gasteiger partial charge in [0.25, 0.3) is 5.91 Å². The summed E-state index contributed by atoms with van der Waals surface area (Å²) in [6.07, 6.45) is 1.40. The number of methoxy groups -OCH3 is 1. The maximum atomic E-state index is 12.2. The minimum Gasteiger partial charge on any atom is -0.495 e. The standard InChI is InChI=1S/C19H20N2O6S/c1-3-11-20-28(24,25)15-8-6-7-14(12-15)19(23)27-13-18(22)21-16-9-4-5-10-17(16)26-2/h3-10,12,20H,1,11,13H2,2H3,(H,21,22). The number of benzene rings is 2. The number of sulfonamides is 1. The predicted molar refractivity (Wildman–Crippen MR) is 104 cm³/mol. The van der Waals surface area contributed by atoms with Crippen LogP contribution in [0.4, 0.5) is 5.69 Å². The van der Waals surface area contributed by atoms with Crippen LogP contribution in [0.3, 0.4) is 0 Å². The molecule has 0 spiro atoms. The molecule has 2 aromatic carbocycles. The van der Waals surface area contributed by atoms with Crippen molar-refractivity contribution in [1.82, 2.24) is 4.72 Å². The maximum Gasteiger partial charge on any atom is 0.338 e. The van der Waals surface area contributed by atoms with Gasteiger partial charge in [-0.3, -0.25) is 4.79 Å². The van der Waals surface area contributed by atoms with E-state index in [4.69, 9.17) is 9.47 Å². The number of ether oxygens (including phenoxy) is 2. The van der Waals surface area contributed by atoms with Gasteiger partial charge in [0.05, 0.1) is 23.3 Å². The Kier molecular flexibility index (Phi) is 7.30. The average molecular weight is 404 g/mol. The third kappa shape index (κ3) is 5.66. The van der Waals surface area contributed by atoms with Crippen molar-refractivity contribution < 1.29 is 27.5 Å². The lowest BCUT2D eigenvalue weighted by molar-refractivity contribution is -0.119. The van der Waals surface area contributed by atoms with Crippen molar-refractivity contribution in [2.45, 2.75) is 4.90 Å². The van der Waals surface area contributed by atoms with Crippen LogP contribution in [-0.4, -0.2) is 40.6 Å². The molecule has 1 amide bonds. The molecule has 0 radical (unpaired) electrons. The largest absolute Gasteiger partial charge is 0.495 e. The molecule has 0 atom stereocenters. The van der Waals surface area contributed by atoms with Gasteiger partial charge in [-0.25, -0.2) is 17.9 Å². The second kappa shape index (κ2) is 9.67. The van der Waals surface area contributed by atoms with Crippen LogP contribution in [0.5, 0.6) is 5.75 Å². The van der Waals surface area contributed by atoms with Crippen LogP contribution in [0.15, 0.2) is 66.1 Å². The van der Waals surface area contributed by atoms with Crippen LogP contribution in [0.2, 0.25) is 0 Å². The fraction of sp³-hybridized carbons (Fsp3) is 0.158. The summed E-state index contributed by atoms with van der Waals surface area (Å²) < 4.78 is 36.6. The summed E-state index contributed by atoms with van der Waals surface area (Å²) in [6.45, 7) is 2.95. The van der Waals surface area contributed by atoms with Gasteiger partial charge in [0.1, 0.15) is 5.75 Å². The quantitative estimate of drug-likeness (QED) is 0.488. The summed E-state index contributed by atoms with van der Waals surface area (Å²) >= 11 is 0. The fourth-order valence-corrected chi connectivity index (χ4v) is 3.23. The second-order valence-corrected chi connectivity index (χ2v) is 7.26. The molecule has 0 bridgehead atoms. The molecule has 0 aliphatic rings. The summed E-state index contributed by atoms with van der Waals surface area (Å²) in [4.78, 5) is 24.1. The number of hydrogen-bond donors (Lipinski definition) is 2. The summed E-state index contributed by atoms with van der Waals surface area (Å²) in [5.74, 6) is -0.919. The van der Waals surface area contributed by atoms with Crippen LogP contribution in [0.1, 0.15) is 10.4 Å². The Hall–Kier alpha value is -3.17. The minimum absolute atomic E-state index is 0.00608. The van der Waals surface area contributed by atoms with E-state index < -0.39 is 28.5 Å². The SMILES string of the molecule is C=CCNS(=O)(=O)c1cccc(C(=O)OCC(=O)Nc2ccccc2OC)c1. The van der Waals surface area contributed by atoms with Crippen molar-refractivity contribution in [3.63, 3.8) is 0 Å². The molecule has 2 rings (SSSR count). The monoisotopic (exact) mass is 404 g/mol. The van der Waals surface area contributed by atoms with E-state index in [1.165, 1.54) is 37.5 Å². The normalized spacial score (nSPS) is 10.8. The van der Waals surface area contributed by atoms with E-state index in [9.17, 15) is 18.0 Å². The smallest absolute Gasteiger partial charge is 0.338 e. The first-order valence-electron chi connectivity index (χ1n) is 8.18. The molecule has 0 saturated carbocycles. The number of esters is 1. The van der Waals surface area contributed by atoms with E-state index >= 15 is 0 Å². The van der Waals surface area contributed by atoms with Crippen molar-refractivity contribution in [1.29, 1.82) is 0 Å². The lowest BCUT2D eigenvalue weighted by Crippen LogP contribution is -2.24. The maximum absolute atomic E-state index is 12.2. The van der Waals surface area contributed by atoms with Crippen molar-refractivity contribution in [3.05, 3.63) is 66.7 Å². The first-order valence-corrected chi connectivity index (χ1v) is 9.66. The van der Waals surface area contributed by atoms with E-state index in [1.54, 1.807) is 24.3 Å². The van der Waals surface area contributed by atoms with Gasteiger partial charge in [-0.15, -0.1) is 6.58 Å². The average Bonchev–Trinajstić information content (AvgIpc) is 2.71. The van der Waals surface area contributed by atoms with Crippen molar-refractivity contribution in [3.8, 4) is 5.75 Å². The molecule has 28 heavy (non-hydrogen) atoms. The highest BCUT2D eigenvalue weighted by Gasteiger charge is 2.17. The molecule has 0 heterocycles. The van der Waals surface area contributed by atoms with Gasteiger partial charge in [-0.05, 0) is 30.3 Å². The lowest BCUT2D eigenvalue weighted by atomic mass is 10.2. The number of hydrogen-bond acceptors (Lipinski definition) is 6. The highest BCUT2D eigenvalue weighted by Crippen LogP contribution is 2.22. The number of rotatable bonds is 9. The Labute approximate surface area is 163 Å². The molecule has 0 aliphatic heterocycles. The Morgan fingerprint density at radius 1 is 1.14 bits per heavy atom. The van der Waals surface area contributed by atoms with Gasteiger partial charge >= 0.3 is 5.97 Å². The van der Waals surface area contributed by atoms with Gasteiger partial charge in [0, 0.05) is 6.54 Å². The van der Waals surface area contributed by atoms with Gasteiger partial charge in [0.2, 0.25) is 10.0 Å². The molecule has 0 unspecified atom stereocenters. The zero-order chi connectivity index (χ0) is 20.6. The molecule has 9 heteroatoms. The summed E-state index contributed by atoms with van der Waals surface area (Å²) in [5.41, 5.74) is 0.444. The van der Waals surface area contributed by atoms with Crippen molar-refractivity contribution in [2.24, 2.45) is 0 Å². The van der Waals surface area contributed by atoms with E-state index in [0.29, 0.717) is 11.4 Å². The minimum atomic E-state index is -3.78. The molecule has 148 valence electrons. The highest BCUT2D eigenvalue weighted by atomic mass is 32.2. The Morgan fingerprint density at radius 3 is 2.61 bits per heavy atom. The number of amides is 1. The van der Waals surface area contributed by atoms with E-state index in [2.05, 4.69) is 16.6 Å². The lowest BCUT2D eigenvalue weighted by Gasteiger charge is -2.10. The highest BCUT2D eigenvalue weighted by molar-refractivity contribution is 7.89. The topological polar surface area (TPSA) is 111 Å². The zero-order valence-corrected chi connectivity index (χ0v) is 16.0. The molecule has 0 aliphatic carbocycles. The van der Waals surface area contributed by atoms with Crippen LogP contribution in [0, 0.1) is 0 Å². The summed E-state index contributed by atoms with van der Waals surface area (Å²) in [7, 11) is -2.31. The first-order chi connectivity index (χ1) is 13.4. The number of anilines is 1. The van der Waals surface area contributed by atoms with Crippen molar-refractivity contribution in [2.75, 3.05) is 25.6 Å². The molecule has 0 saturated heterocycles. The summed E-state index contributed by atoms with van der Waals surface area (Å²) in [6, 6.07) is 12.1. The van der Waals surface area contributed by atoms with Crippen LogP contribution in [-0.2, 0) is 19.6 Å². The molecule has 0 fully saturated rings. The predicted octanol–water partition coefficient (Wildman–Crippen LogP) is 1.95. The number of nitrogens with one attached hydrogen (secondary N) is 2. The Morgan fingerprint density at radius 2 is 1.89 bits per heavy atom.